The van der Waals surface area contributed by atoms with Gasteiger partial charge in [0.05, 0.1) is 0 Å². The van der Waals surface area contributed by atoms with Gasteiger partial charge in [-0.1, -0.05) is 68.9 Å². The second-order valence-corrected chi connectivity index (χ2v) is 10.4. The smallest absolute Gasteiger partial charge is 0.00891 e. The largest absolute Gasteiger partial charge is 0.0803 e. The second-order valence-electron chi connectivity index (χ2n) is 8.14. The minimum Gasteiger partial charge on any atom is -0.0803 e. The fourth-order valence-corrected chi connectivity index (χ4v) is 5.97. The molecular formula is C27H35P. The molecule has 0 nitrogen and oxygen atoms in total. The van der Waals surface area contributed by atoms with Gasteiger partial charge >= 0.3 is 0 Å². The first-order chi connectivity index (χ1) is 12.7. The van der Waals surface area contributed by atoms with Crippen molar-refractivity contribution in [1.29, 1.82) is 0 Å². The predicted molar refractivity (Wildman–Crippen MR) is 131 cm³/mol. The summed E-state index contributed by atoms with van der Waals surface area (Å²) in [7, 11) is -0.249. The Kier molecular flexibility index (Phi) is 6.89. The lowest BCUT2D eigenvalue weighted by molar-refractivity contribution is 1.31. The van der Waals surface area contributed by atoms with Crippen molar-refractivity contribution >= 4 is 13.2 Å². The van der Waals surface area contributed by atoms with Crippen LogP contribution in [0.1, 0.15) is 40.8 Å². The van der Waals surface area contributed by atoms with Crippen LogP contribution in [0.3, 0.4) is 0 Å². The van der Waals surface area contributed by atoms with E-state index in [0.717, 1.165) is 0 Å². The molecule has 0 saturated carbocycles. The summed E-state index contributed by atoms with van der Waals surface area (Å²) in [4.78, 5) is 0. The summed E-state index contributed by atoms with van der Waals surface area (Å²) in [5, 5.41) is 1.53. The normalized spacial score (nSPS) is 10.9. The van der Waals surface area contributed by atoms with E-state index in [0.29, 0.717) is 0 Å². The Morgan fingerprint density at radius 2 is 0.893 bits per heavy atom. The summed E-state index contributed by atoms with van der Waals surface area (Å²) in [5.74, 6) is 0. The van der Waals surface area contributed by atoms with Gasteiger partial charge in [0.2, 0.25) is 0 Å². The fourth-order valence-electron chi connectivity index (χ4n) is 4.64. The molecule has 28 heavy (non-hydrogen) atoms. The SMILES string of the molecule is C.Cc1cc(C)c(-c2cccc(-c3c(C)cc(C)cc3C)c2P(C)C)c(C)c1. The molecule has 1 heteroatoms. The highest BCUT2D eigenvalue weighted by molar-refractivity contribution is 7.64. The van der Waals surface area contributed by atoms with E-state index in [9.17, 15) is 0 Å². The zero-order valence-corrected chi connectivity index (χ0v) is 18.9. The Bertz CT molecular complexity index is 887. The van der Waals surface area contributed by atoms with Crippen molar-refractivity contribution in [2.75, 3.05) is 13.3 Å². The number of benzene rings is 3. The Morgan fingerprint density at radius 1 is 0.571 bits per heavy atom. The first-order valence-electron chi connectivity index (χ1n) is 9.67. The van der Waals surface area contributed by atoms with Crippen LogP contribution in [0, 0.1) is 41.5 Å². The average molecular weight is 391 g/mol. The van der Waals surface area contributed by atoms with Gasteiger partial charge in [0, 0.05) is 0 Å². The number of hydrogen-bond acceptors (Lipinski definition) is 0. The molecule has 0 radical (unpaired) electrons. The molecular weight excluding hydrogens is 355 g/mol. The van der Waals surface area contributed by atoms with Gasteiger partial charge in [-0.25, -0.2) is 0 Å². The molecule has 0 amide bonds. The van der Waals surface area contributed by atoms with Gasteiger partial charge < -0.3 is 0 Å². The second kappa shape index (κ2) is 8.62. The molecule has 148 valence electrons. The van der Waals surface area contributed by atoms with Gasteiger partial charge in [-0.05, 0) is 105 Å². The van der Waals surface area contributed by atoms with Crippen LogP contribution in [0.15, 0.2) is 42.5 Å². The maximum Gasteiger partial charge on any atom is -0.00891 e. The Balaban J connectivity index is 0.00000280. The van der Waals surface area contributed by atoms with Gasteiger partial charge in [0.25, 0.3) is 0 Å². The van der Waals surface area contributed by atoms with Crippen LogP contribution >= 0.6 is 7.92 Å². The maximum atomic E-state index is 2.38. The summed E-state index contributed by atoms with van der Waals surface area (Å²) in [5.41, 5.74) is 13.8. The minimum absolute atomic E-state index is 0. The lowest BCUT2D eigenvalue weighted by Crippen LogP contribution is -2.11. The van der Waals surface area contributed by atoms with Gasteiger partial charge in [0.1, 0.15) is 0 Å². The summed E-state index contributed by atoms with van der Waals surface area (Å²) in [6.07, 6.45) is 0. The highest BCUT2D eigenvalue weighted by atomic mass is 31.1. The van der Waals surface area contributed by atoms with Crippen LogP contribution in [-0.4, -0.2) is 13.3 Å². The van der Waals surface area contributed by atoms with Crippen molar-refractivity contribution in [3.05, 3.63) is 75.8 Å². The van der Waals surface area contributed by atoms with Crippen molar-refractivity contribution in [3.8, 4) is 22.3 Å². The van der Waals surface area contributed by atoms with Crippen LogP contribution < -0.4 is 5.30 Å². The molecule has 0 aliphatic heterocycles. The molecule has 0 aliphatic carbocycles. The van der Waals surface area contributed by atoms with E-state index in [-0.39, 0.29) is 15.3 Å². The Hall–Kier alpha value is -1.91. The third-order valence-electron chi connectivity index (χ3n) is 5.38. The van der Waals surface area contributed by atoms with E-state index in [2.05, 4.69) is 97.3 Å². The summed E-state index contributed by atoms with van der Waals surface area (Å²) in [6, 6.07) is 16.1. The van der Waals surface area contributed by atoms with Gasteiger partial charge in [-0.15, -0.1) is 0 Å². The third kappa shape index (κ3) is 4.08. The molecule has 0 aromatic heterocycles. The molecule has 3 aromatic rings. The summed E-state index contributed by atoms with van der Waals surface area (Å²) < 4.78 is 0. The van der Waals surface area contributed by atoms with E-state index in [1.54, 1.807) is 0 Å². The highest BCUT2D eigenvalue weighted by Crippen LogP contribution is 2.40. The van der Waals surface area contributed by atoms with Crippen LogP contribution in [0.2, 0.25) is 0 Å². The first kappa shape index (κ1) is 22.4. The van der Waals surface area contributed by atoms with Crippen molar-refractivity contribution in [1.82, 2.24) is 0 Å². The third-order valence-corrected chi connectivity index (χ3v) is 6.75. The topological polar surface area (TPSA) is 0 Å². The molecule has 0 saturated heterocycles. The zero-order chi connectivity index (χ0) is 19.9. The molecule has 0 N–H and O–H groups in total. The minimum atomic E-state index is -0.249. The lowest BCUT2D eigenvalue weighted by atomic mass is 9.89. The average Bonchev–Trinajstić information content (AvgIpc) is 2.52. The predicted octanol–water partition coefficient (Wildman–Crippen LogP) is 7.87. The molecule has 0 fully saturated rings. The fraction of sp³-hybridized carbons (Fsp3) is 0.333. The highest BCUT2D eigenvalue weighted by Gasteiger charge is 2.19. The number of rotatable bonds is 3. The van der Waals surface area contributed by atoms with Crippen LogP contribution in [0.25, 0.3) is 22.3 Å². The Labute approximate surface area is 173 Å². The molecule has 3 aromatic carbocycles. The molecule has 0 bridgehead atoms. The van der Waals surface area contributed by atoms with E-state index >= 15 is 0 Å². The zero-order valence-electron chi connectivity index (χ0n) is 18.0. The first-order valence-corrected chi connectivity index (χ1v) is 11.9. The van der Waals surface area contributed by atoms with Crippen molar-refractivity contribution in [2.24, 2.45) is 0 Å². The number of aryl methyl sites for hydroxylation is 6. The van der Waals surface area contributed by atoms with Crippen LogP contribution in [0.4, 0.5) is 0 Å². The van der Waals surface area contributed by atoms with E-state index in [1.807, 2.05) is 0 Å². The van der Waals surface area contributed by atoms with E-state index < -0.39 is 0 Å². The summed E-state index contributed by atoms with van der Waals surface area (Å²) >= 11 is 0. The molecule has 0 unspecified atom stereocenters. The van der Waals surface area contributed by atoms with E-state index in [4.69, 9.17) is 0 Å². The standard InChI is InChI=1S/C26H31P.CH4/c1-16-12-18(3)24(19(4)13-16)22-10-9-11-23(26(22)27(7)8)25-20(5)14-17(2)15-21(25)6;/h9-15H,1-8H3;1H4. The molecule has 3 rings (SSSR count). The van der Waals surface area contributed by atoms with E-state index in [1.165, 1.54) is 60.9 Å². The lowest BCUT2D eigenvalue weighted by Gasteiger charge is -2.23. The number of hydrogen-bond donors (Lipinski definition) is 0. The quantitative estimate of drug-likeness (QED) is 0.399. The van der Waals surface area contributed by atoms with Crippen molar-refractivity contribution < 1.29 is 0 Å². The molecule has 0 heterocycles. The molecule has 0 aliphatic rings. The molecule has 0 spiro atoms. The van der Waals surface area contributed by atoms with Crippen LogP contribution in [-0.2, 0) is 0 Å². The Morgan fingerprint density at radius 3 is 1.18 bits per heavy atom. The van der Waals surface area contributed by atoms with Gasteiger partial charge in [-0.3, -0.25) is 0 Å². The summed E-state index contributed by atoms with van der Waals surface area (Å²) in [6.45, 7) is 18.1. The van der Waals surface area contributed by atoms with Crippen LogP contribution in [0.5, 0.6) is 0 Å². The monoisotopic (exact) mass is 390 g/mol. The van der Waals surface area contributed by atoms with Gasteiger partial charge in [-0.2, -0.15) is 0 Å². The van der Waals surface area contributed by atoms with Crippen molar-refractivity contribution in [3.63, 3.8) is 0 Å². The van der Waals surface area contributed by atoms with Crippen molar-refractivity contribution in [2.45, 2.75) is 49.0 Å². The van der Waals surface area contributed by atoms with Gasteiger partial charge in [0.15, 0.2) is 0 Å². The maximum absolute atomic E-state index is 2.38. The molecule has 0 atom stereocenters.